The van der Waals surface area contributed by atoms with Crippen LogP contribution in [0.15, 0.2) is 0 Å². The largest absolute Gasteiger partial charge is 0.304 e. The van der Waals surface area contributed by atoms with Crippen LogP contribution in [0.3, 0.4) is 0 Å². The molecule has 8 unspecified atom stereocenters. The van der Waals surface area contributed by atoms with Gasteiger partial charge in [0, 0.05) is 23.9 Å². The van der Waals surface area contributed by atoms with E-state index in [1.165, 1.54) is 0 Å². The van der Waals surface area contributed by atoms with E-state index >= 15 is 0 Å². The Balaban J connectivity index is 1.47. The van der Waals surface area contributed by atoms with Crippen molar-refractivity contribution in [2.24, 2.45) is 23.7 Å². The number of carbonyl (C=O) groups is 2. The van der Waals surface area contributed by atoms with Gasteiger partial charge in [-0.15, -0.1) is 0 Å². The van der Waals surface area contributed by atoms with Crippen LogP contribution in [-0.2, 0) is 9.59 Å². The molecule has 128 valence electrons. The number of ketones is 2. The molecule has 4 rings (SSSR count). The lowest BCUT2D eigenvalue weighted by Crippen LogP contribution is -2.46. The van der Waals surface area contributed by atoms with Gasteiger partial charge in [0.25, 0.3) is 0 Å². The van der Waals surface area contributed by atoms with Gasteiger partial charge in [-0.3, -0.25) is 9.59 Å². The number of hydrogen-bond acceptors (Lipinski definition) is 4. The van der Waals surface area contributed by atoms with Crippen LogP contribution in [0.2, 0.25) is 0 Å². The van der Waals surface area contributed by atoms with Gasteiger partial charge in [-0.1, -0.05) is 20.3 Å². The van der Waals surface area contributed by atoms with Gasteiger partial charge in [0.1, 0.15) is 0 Å². The highest BCUT2D eigenvalue weighted by Crippen LogP contribution is 2.48. The number of rotatable bonds is 3. The van der Waals surface area contributed by atoms with Crippen molar-refractivity contribution in [2.75, 3.05) is 0 Å². The molecule has 2 N–H and O–H groups in total. The lowest BCUT2D eigenvalue weighted by atomic mass is 9.62. The molecule has 0 amide bonds. The van der Waals surface area contributed by atoms with Crippen molar-refractivity contribution >= 4 is 11.6 Å². The van der Waals surface area contributed by atoms with Crippen LogP contribution in [-0.4, -0.2) is 35.7 Å². The molecule has 0 bridgehead atoms. The van der Waals surface area contributed by atoms with Crippen LogP contribution in [0, 0.1) is 23.7 Å². The molecule has 2 aliphatic heterocycles. The Kier molecular flexibility index (Phi) is 4.09. The Morgan fingerprint density at radius 1 is 0.826 bits per heavy atom. The zero-order valence-electron chi connectivity index (χ0n) is 14.4. The van der Waals surface area contributed by atoms with Crippen LogP contribution in [0.4, 0.5) is 0 Å². The quantitative estimate of drug-likeness (QED) is 0.836. The fraction of sp³-hybridized carbons (Fsp3) is 0.895. The number of nitrogens with one attached hydrogen (secondary N) is 2. The van der Waals surface area contributed by atoms with E-state index < -0.39 is 0 Å². The highest BCUT2D eigenvalue weighted by atomic mass is 16.1. The summed E-state index contributed by atoms with van der Waals surface area (Å²) >= 11 is 0. The van der Waals surface area contributed by atoms with Gasteiger partial charge in [0.05, 0.1) is 12.1 Å². The molecule has 4 nitrogen and oxygen atoms in total. The first-order chi connectivity index (χ1) is 11.1. The Hall–Kier alpha value is -0.740. The Labute approximate surface area is 139 Å². The van der Waals surface area contributed by atoms with Crippen LogP contribution in [0.5, 0.6) is 0 Å². The number of fused-ring (bicyclic) bond motifs is 3. The summed E-state index contributed by atoms with van der Waals surface area (Å²) < 4.78 is 0. The van der Waals surface area contributed by atoms with Gasteiger partial charge < -0.3 is 10.6 Å². The molecule has 2 aliphatic carbocycles. The van der Waals surface area contributed by atoms with Crippen LogP contribution < -0.4 is 10.6 Å². The van der Waals surface area contributed by atoms with Crippen molar-refractivity contribution in [1.29, 1.82) is 0 Å². The molecule has 4 heteroatoms. The highest BCUT2D eigenvalue weighted by molar-refractivity contribution is 5.90. The van der Waals surface area contributed by atoms with E-state index in [9.17, 15) is 9.59 Å². The van der Waals surface area contributed by atoms with Gasteiger partial charge in [0.15, 0.2) is 11.6 Å². The molecule has 2 saturated heterocycles. The van der Waals surface area contributed by atoms with Crippen molar-refractivity contribution in [3.05, 3.63) is 0 Å². The van der Waals surface area contributed by atoms with E-state index in [-0.39, 0.29) is 23.9 Å². The van der Waals surface area contributed by atoms with E-state index in [4.69, 9.17) is 0 Å². The molecule has 2 heterocycles. The molecule has 4 fully saturated rings. The van der Waals surface area contributed by atoms with Gasteiger partial charge in [-0.2, -0.15) is 0 Å². The summed E-state index contributed by atoms with van der Waals surface area (Å²) in [6, 6.07) is 0.932. The third-order valence-corrected chi connectivity index (χ3v) is 7.10. The van der Waals surface area contributed by atoms with Crippen molar-refractivity contribution in [3.63, 3.8) is 0 Å². The van der Waals surface area contributed by atoms with E-state index in [1.807, 2.05) is 0 Å². The summed E-state index contributed by atoms with van der Waals surface area (Å²) in [5.74, 6) is 2.68. The number of carbonyl (C=O) groups excluding carboxylic acids is 2. The Bertz CT molecular complexity index is 506. The van der Waals surface area contributed by atoms with Crippen molar-refractivity contribution in [2.45, 2.75) is 83.0 Å². The third kappa shape index (κ3) is 2.49. The molecule has 2 saturated carbocycles. The van der Waals surface area contributed by atoms with E-state index in [1.54, 1.807) is 0 Å². The molecule has 0 aromatic heterocycles. The second-order valence-electron chi connectivity index (χ2n) is 8.33. The minimum Gasteiger partial charge on any atom is -0.304 e. The van der Waals surface area contributed by atoms with Gasteiger partial charge in [-0.25, -0.2) is 0 Å². The minimum absolute atomic E-state index is 0.0818. The summed E-state index contributed by atoms with van der Waals surface area (Å²) in [6.45, 7) is 4.25. The van der Waals surface area contributed by atoms with Crippen LogP contribution >= 0.6 is 0 Å². The third-order valence-electron chi connectivity index (χ3n) is 7.10. The molecule has 0 spiro atoms. The zero-order chi connectivity index (χ0) is 16.1. The van der Waals surface area contributed by atoms with E-state index in [0.717, 1.165) is 44.9 Å². The van der Waals surface area contributed by atoms with Crippen molar-refractivity contribution in [3.8, 4) is 0 Å². The molecule has 0 radical (unpaired) electrons. The van der Waals surface area contributed by atoms with E-state index in [0.29, 0.717) is 35.5 Å². The normalized spacial score (nSPS) is 49.0. The van der Waals surface area contributed by atoms with E-state index in [2.05, 4.69) is 24.5 Å². The Morgan fingerprint density at radius 3 is 1.87 bits per heavy atom. The number of Topliss-reactive ketones (excluding diaryl/α,β-unsaturated/α-hetero) is 2. The Morgan fingerprint density at radius 2 is 1.35 bits per heavy atom. The SMILES string of the molecule is CCCC1NC2CC3CC4C(=O)C(CC)NC4CC3CC2C1=O. The molecular formula is C19H30N2O2. The predicted octanol–water partition coefficient (Wildman–Crippen LogP) is 2.07. The lowest BCUT2D eigenvalue weighted by molar-refractivity contribution is -0.126. The highest BCUT2D eigenvalue weighted by Gasteiger charge is 2.53. The summed E-state index contributed by atoms with van der Waals surface area (Å²) in [5.41, 5.74) is 0. The van der Waals surface area contributed by atoms with Crippen molar-refractivity contribution in [1.82, 2.24) is 10.6 Å². The first-order valence-corrected chi connectivity index (χ1v) is 9.71. The maximum Gasteiger partial charge on any atom is 0.154 e. The van der Waals surface area contributed by atoms with Crippen LogP contribution in [0.1, 0.15) is 58.8 Å². The van der Waals surface area contributed by atoms with Crippen LogP contribution in [0.25, 0.3) is 0 Å². The zero-order valence-corrected chi connectivity index (χ0v) is 14.4. The summed E-state index contributed by atoms with van der Waals surface area (Å²) in [7, 11) is 0. The molecule has 23 heavy (non-hydrogen) atoms. The number of hydrogen-bond donors (Lipinski definition) is 2. The standard InChI is InChI=1S/C19H30N2O2/c1-3-5-15-19(23)13-7-11-8-16-12(18(22)14(4-2)20-16)6-10(11)9-17(13)21-15/h10-17,20-21H,3-9H2,1-2H3. The first kappa shape index (κ1) is 15.8. The average molecular weight is 318 g/mol. The molecule has 8 atom stereocenters. The predicted molar refractivity (Wildman–Crippen MR) is 89.1 cm³/mol. The molecule has 0 aromatic rings. The molecular weight excluding hydrogens is 288 g/mol. The lowest BCUT2D eigenvalue weighted by Gasteiger charge is -2.44. The molecule has 4 aliphatic rings. The summed E-state index contributed by atoms with van der Waals surface area (Å²) in [5, 5.41) is 7.19. The first-order valence-electron chi connectivity index (χ1n) is 9.71. The second-order valence-corrected chi connectivity index (χ2v) is 8.33. The average Bonchev–Trinajstić information content (AvgIpc) is 3.02. The smallest absolute Gasteiger partial charge is 0.154 e. The fourth-order valence-electron chi connectivity index (χ4n) is 5.95. The topological polar surface area (TPSA) is 58.2 Å². The maximum atomic E-state index is 12.7. The van der Waals surface area contributed by atoms with Gasteiger partial charge in [-0.05, 0) is 50.4 Å². The fourth-order valence-corrected chi connectivity index (χ4v) is 5.95. The summed E-state index contributed by atoms with van der Waals surface area (Å²) in [4.78, 5) is 25.2. The monoisotopic (exact) mass is 318 g/mol. The van der Waals surface area contributed by atoms with Gasteiger partial charge >= 0.3 is 0 Å². The second kappa shape index (κ2) is 5.96. The maximum absolute atomic E-state index is 12.7. The summed E-state index contributed by atoms with van der Waals surface area (Å²) in [6.07, 6.45) is 7.26. The molecule has 0 aromatic carbocycles. The van der Waals surface area contributed by atoms with Gasteiger partial charge in [0.2, 0.25) is 0 Å². The van der Waals surface area contributed by atoms with Crippen molar-refractivity contribution < 1.29 is 9.59 Å². The minimum atomic E-state index is 0.0818.